The molecular formula is C23H15N3O8S3. The summed E-state index contributed by atoms with van der Waals surface area (Å²) in [5, 5.41) is 19.0. The lowest BCUT2D eigenvalue weighted by molar-refractivity contribution is 0.445. The number of phenolic OH excluding ortho intramolecular Hbond substituents is 1. The van der Waals surface area contributed by atoms with Crippen LogP contribution in [0, 0.1) is 0 Å². The Balaban J connectivity index is 1.49. The fraction of sp³-hybridized carbons (Fsp3) is 0. The van der Waals surface area contributed by atoms with Crippen LogP contribution >= 0.6 is 11.3 Å². The van der Waals surface area contributed by atoms with E-state index in [1.807, 2.05) is 24.3 Å². The first-order valence-electron chi connectivity index (χ1n) is 10.3. The first-order valence-corrected chi connectivity index (χ1v) is 14.0. The highest BCUT2D eigenvalue weighted by Crippen LogP contribution is 2.42. The minimum atomic E-state index is -4.91. The maximum Gasteiger partial charge on any atom is 0.298 e. The highest BCUT2D eigenvalue weighted by Gasteiger charge is 2.23. The Labute approximate surface area is 213 Å². The van der Waals surface area contributed by atoms with Gasteiger partial charge in [0, 0.05) is 5.39 Å². The molecule has 0 spiro atoms. The van der Waals surface area contributed by atoms with Crippen molar-refractivity contribution in [3.63, 3.8) is 0 Å². The molecule has 5 rings (SSSR count). The molecule has 0 aliphatic rings. The van der Waals surface area contributed by atoms with Crippen molar-refractivity contribution < 1.29 is 35.8 Å². The highest BCUT2D eigenvalue weighted by molar-refractivity contribution is 7.86. The van der Waals surface area contributed by atoms with Gasteiger partial charge in [-0.3, -0.25) is 9.11 Å². The summed E-state index contributed by atoms with van der Waals surface area (Å²) in [7, 11) is -9.51. The van der Waals surface area contributed by atoms with Gasteiger partial charge in [0.25, 0.3) is 25.4 Å². The molecule has 37 heavy (non-hydrogen) atoms. The van der Waals surface area contributed by atoms with Crippen LogP contribution in [0.15, 0.2) is 92.8 Å². The van der Waals surface area contributed by atoms with Gasteiger partial charge in [-0.05, 0) is 60.0 Å². The van der Waals surface area contributed by atoms with E-state index >= 15 is 0 Å². The third-order valence-corrected chi connectivity index (χ3v) is 7.81. The smallest absolute Gasteiger partial charge is 0.298 e. The number of benzene rings is 4. The van der Waals surface area contributed by atoms with Gasteiger partial charge in [0.1, 0.15) is 16.3 Å². The molecule has 4 aromatic carbocycles. The maximum absolute atomic E-state index is 11.8. The van der Waals surface area contributed by atoms with E-state index in [0.717, 1.165) is 28.4 Å². The number of rotatable bonds is 6. The number of aromatic nitrogens is 1. The molecule has 0 fully saturated rings. The Kier molecular flexibility index (Phi) is 6.13. The zero-order valence-electron chi connectivity index (χ0n) is 18.4. The van der Waals surface area contributed by atoms with Crippen LogP contribution in [0.1, 0.15) is 0 Å². The van der Waals surface area contributed by atoms with Gasteiger partial charge in [-0.15, -0.1) is 5.11 Å². The van der Waals surface area contributed by atoms with Crippen LogP contribution in [-0.4, -0.2) is 36.0 Å². The van der Waals surface area contributed by atoms with Gasteiger partial charge in [0.2, 0.25) is 0 Å². The van der Waals surface area contributed by atoms with Crippen LogP contribution in [-0.2, 0) is 20.2 Å². The first-order chi connectivity index (χ1) is 17.5. The van der Waals surface area contributed by atoms with Crippen molar-refractivity contribution in [3.8, 4) is 16.7 Å². The topological polar surface area (TPSA) is 176 Å². The summed E-state index contributed by atoms with van der Waals surface area (Å²) in [6, 6.07) is 18.1. The Hall–Kier alpha value is -3.95. The van der Waals surface area contributed by atoms with Crippen LogP contribution in [0.4, 0.5) is 11.4 Å². The lowest BCUT2D eigenvalue weighted by Gasteiger charge is -2.09. The van der Waals surface area contributed by atoms with Gasteiger partial charge in [-0.1, -0.05) is 29.5 Å². The summed E-state index contributed by atoms with van der Waals surface area (Å²) < 4.78 is 72.1. The lowest BCUT2D eigenvalue weighted by Crippen LogP contribution is -2.00. The van der Waals surface area contributed by atoms with Crippen molar-refractivity contribution in [2.24, 2.45) is 10.2 Å². The second kappa shape index (κ2) is 9.17. The van der Waals surface area contributed by atoms with Crippen molar-refractivity contribution in [3.05, 3.63) is 72.8 Å². The van der Waals surface area contributed by atoms with Crippen molar-refractivity contribution in [2.45, 2.75) is 9.79 Å². The molecule has 0 amide bonds. The largest absolute Gasteiger partial charge is 0.504 e. The van der Waals surface area contributed by atoms with E-state index in [1.165, 1.54) is 17.4 Å². The molecular weight excluding hydrogens is 542 g/mol. The number of para-hydroxylation sites is 1. The summed E-state index contributed by atoms with van der Waals surface area (Å²) in [6.07, 6.45) is 0. The van der Waals surface area contributed by atoms with Crippen LogP contribution in [0.5, 0.6) is 16.7 Å². The van der Waals surface area contributed by atoms with Crippen LogP contribution in [0.3, 0.4) is 0 Å². The Morgan fingerprint density at radius 3 is 2.24 bits per heavy atom. The average Bonchev–Trinajstić information content (AvgIpc) is 3.25. The second-order valence-corrected chi connectivity index (χ2v) is 11.5. The van der Waals surface area contributed by atoms with E-state index in [4.69, 9.17) is 4.74 Å². The van der Waals surface area contributed by atoms with Gasteiger partial charge >= 0.3 is 0 Å². The van der Waals surface area contributed by atoms with Gasteiger partial charge in [0.05, 0.1) is 20.8 Å². The SMILES string of the molecule is O=S(=O)(O)c1ccc2c(N=Nc3ccc(Oc4nc5ccccc5s4)cc3)c(O)c(S(=O)(=O)O)cc2c1. The normalized spacial score (nSPS) is 12.5. The predicted octanol–water partition coefficient (Wildman–Crippen LogP) is 5.86. The molecule has 1 heterocycles. The zero-order valence-corrected chi connectivity index (χ0v) is 20.8. The van der Waals surface area contributed by atoms with E-state index in [9.17, 15) is 31.0 Å². The van der Waals surface area contributed by atoms with Crippen LogP contribution < -0.4 is 4.74 Å². The highest BCUT2D eigenvalue weighted by atomic mass is 32.2. The van der Waals surface area contributed by atoms with Gasteiger partial charge in [0.15, 0.2) is 5.75 Å². The second-order valence-electron chi connectivity index (χ2n) is 7.65. The van der Waals surface area contributed by atoms with Gasteiger partial charge < -0.3 is 9.84 Å². The average molecular weight is 558 g/mol. The monoisotopic (exact) mass is 557 g/mol. The fourth-order valence-corrected chi connectivity index (χ4v) is 5.44. The maximum atomic E-state index is 11.8. The van der Waals surface area contributed by atoms with Gasteiger partial charge in [-0.2, -0.15) is 21.9 Å². The lowest BCUT2D eigenvalue weighted by atomic mass is 10.1. The number of nitrogens with zero attached hydrogens (tertiary/aromatic N) is 3. The fourth-order valence-electron chi connectivity index (χ4n) is 3.47. The van der Waals surface area contributed by atoms with Crippen molar-refractivity contribution in [2.75, 3.05) is 0 Å². The first kappa shape index (κ1) is 24.7. The number of azo groups is 1. The molecule has 1 aromatic heterocycles. The molecule has 188 valence electrons. The number of ether oxygens (including phenoxy) is 1. The van der Waals surface area contributed by atoms with Gasteiger partial charge in [-0.25, -0.2) is 4.98 Å². The number of hydrogen-bond acceptors (Lipinski definition) is 10. The summed E-state index contributed by atoms with van der Waals surface area (Å²) in [4.78, 5) is 2.98. The molecule has 0 saturated heterocycles. The standard InChI is InChI=1S/C23H15N3O8S3/c27-22-20(37(31,32)33)12-13-11-16(36(28,29)30)9-10-17(13)21(22)26-25-14-5-7-15(8-6-14)34-23-24-18-3-1-2-4-19(18)35-23/h1-12,27H,(H,28,29,30)(H,31,32,33). The molecule has 0 radical (unpaired) electrons. The summed E-state index contributed by atoms with van der Waals surface area (Å²) in [5.41, 5.74) is 0.800. The van der Waals surface area contributed by atoms with Crippen molar-refractivity contribution >= 4 is 63.9 Å². The van der Waals surface area contributed by atoms with Crippen molar-refractivity contribution in [1.29, 1.82) is 0 Å². The molecule has 0 saturated carbocycles. The van der Waals surface area contributed by atoms with Crippen molar-refractivity contribution in [1.82, 2.24) is 4.98 Å². The van der Waals surface area contributed by atoms with E-state index in [0.29, 0.717) is 16.6 Å². The molecule has 0 unspecified atom stereocenters. The minimum Gasteiger partial charge on any atom is -0.504 e. The summed E-state index contributed by atoms with van der Waals surface area (Å²) in [5.74, 6) is -0.397. The molecule has 0 aliphatic carbocycles. The third kappa shape index (κ3) is 5.14. The number of phenols is 1. The Morgan fingerprint density at radius 1 is 0.838 bits per heavy atom. The Morgan fingerprint density at radius 2 is 1.57 bits per heavy atom. The molecule has 0 atom stereocenters. The third-order valence-electron chi connectivity index (χ3n) is 5.18. The van der Waals surface area contributed by atoms with Crippen LogP contribution in [0.2, 0.25) is 0 Å². The number of aromatic hydroxyl groups is 1. The molecule has 5 aromatic rings. The van der Waals surface area contributed by atoms with E-state index in [-0.39, 0.29) is 16.5 Å². The predicted molar refractivity (Wildman–Crippen MR) is 136 cm³/mol. The number of thiazole rings is 1. The molecule has 0 aliphatic heterocycles. The summed E-state index contributed by atoms with van der Waals surface area (Å²) in [6.45, 7) is 0. The van der Waals surface area contributed by atoms with E-state index in [2.05, 4.69) is 15.2 Å². The molecule has 0 bridgehead atoms. The van der Waals surface area contributed by atoms with Crippen LogP contribution in [0.25, 0.3) is 21.0 Å². The minimum absolute atomic E-state index is 0.0333. The molecule has 11 nitrogen and oxygen atoms in total. The van der Waals surface area contributed by atoms with E-state index in [1.54, 1.807) is 24.3 Å². The zero-order chi connectivity index (χ0) is 26.4. The molecule has 3 N–H and O–H groups in total. The summed E-state index contributed by atoms with van der Waals surface area (Å²) >= 11 is 1.39. The Bertz CT molecular complexity index is 1880. The number of hydrogen-bond donors (Lipinski definition) is 3. The molecule has 14 heteroatoms. The number of fused-ring (bicyclic) bond motifs is 2. The quantitative estimate of drug-likeness (QED) is 0.170. The van der Waals surface area contributed by atoms with E-state index < -0.39 is 35.8 Å².